The van der Waals surface area contributed by atoms with Crippen molar-refractivity contribution < 1.29 is 4.42 Å². The second-order valence-corrected chi connectivity index (χ2v) is 5.11. The second kappa shape index (κ2) is 5.35. The van der Waals surface area contributed by atoms with Gasteiger partial charge < -0.3 is 9.73 Å². The zero-order valence-corrected chi connectivity index (χ0v) is 12.1. The molecule has 0 aliphatic carbocycles. The first-order valence-electron chi connectivity index (χ1n) is 5.76. The first kappa shape index (κ1) is 13.5. The van der Waals surface area contributed by atoms with Crippen LogP contribution in [-0.4, -0.2) is 7.05 Å². The van der Waals surface area contributed by atoms with Crippen molar-refractivity contribution in [1.29, 1.82) is 0 Å². The topological polar surface area (TPSA) is 25.2 Å². The van der Waals surface area contributed by atoms with E-state index in [1.807, 2.05) is 45.2 Å². The lowest BCUT2D eigenvalue weighted by Gasteiger charge is -2.07. The molecule has 0 radical (unpaired) electrons. The van der Waals surface area contributed by atoms with Gasteiger partial charge in [-0.2, -0.15) is 0 Å². The van der Waals surface area contributed by atoms with Crippen molar-refractivity contribution >= 4 is 23.2 Å². The predicted molar refractivity (Wildman–Crippen MR) is 76.4 cm³/mol. The molecule has 0 aliphatic heterocycles. The number of rotatable bonds is 3. The highest BCUT2D eigenvalue weighted by Gasteiger charge is 2.13. The van der Waals surface area contributed by atoms with Gasteiger partial charge in [0.25, 0.3) is 0 Å². The maximum atomic E-state index is 6.22. The Kier molecular flexibility index (Phi) is 4.00. The van der Waals surface area contributed by atoms with E-state index in [1.54, 1.807) is 0 Å². The molecule has 1 heterocycles. The van der Waals surface area contributed by atoms with Gasteiger partial charge in [-0.1, -0.05) is 23.2 Å². The molecule has 1 N–H and O–H groups in total. The van der Waals surface area contributed by atoms with Crippen LogP contribution in [0.1, 0.15) is 24.3 Å². The van der Waals surface area contributed by atoms with E-state index < -0.39 is 0 Å². The summed E-state index contributed by atoms with van der Waals surface area (Å²) in [5.74, 6) is 1.61. The molecule has 1 unspecified atom stereocenters. The first-order chi connectivity index (χ1) is 8.52. The third-order valence-corrected chi connectivity index (χ3v) is 3.72. The van der Waals surface area contributed by atoms with Crippen molar-refractivity contribution in [1.82, 2.24) is 5.32 Å². The fourth-order valence-electron chi connectivity index (χ4n) is 1.71. The molecule has 0 fully saturated rings. The molecule has 1 aromatic carbocycles. The van der Waals surface area contributed by atoms with Gasteiger partial charge in [0.2, 0.25) is 0 Å². The summed E-state index contributed by atoms with van der Waals surface area (Å²) >= 11 is 12.3. The highest BCUT2D eigenvalue weighted by molar-refractivity contribution is 6.35. The normalized spacial score (nSPS) is 12.7. The van der Waals surface area contributed by atoms with E-state index in [-0.39, 0.29) is 6.04 Å². The summed E-state index contributed by atoms with van der Waals surface area (Å²) in [6.45, 7) is 3.96. The van der Waals surface area contributed by atoms with Gasteiger partial charge in [-0.05, 0) is 50.7 Å². The molecule has 1 aromatic heterocycles. The molecule has 0 bridgehead atoms. The number of nitrogens with one attached hydrogen (secondary N) is 1. The van der Waals surface area contributed by atoms with E-state index in [0.717, 1.165) is 22.6 Å². The summed E-state index contributed by atoms with van der Waals surface area (Å²) in [6.07, 6.45) is 0. The highest BCUT2D eigenvalue weighted by Crippen LogP contribution is 2.34. The minimum atomic E-state index is 0.165. The summed E-state index contributed by atoms with van der Waals surface area (Å²) < 4.78 is 5.79. The van der Waals surface area contributed by atoms with Crippen LogP contribution in [0.2, 0.25) is 10.0 Å². The van der Waals surface area contributed by atoms with Crippen molar-refractivity contribution in [3.63, 3.8) is 0 Å². The van der Waals surface area contributed by atoms with Gasteiger partial charge in [-0.25, -0.2) is 0 Å². The Balaban J connectivity index is 2.43. The van der Waals surface area contributed by atoms with Gasteiger partial charge in [0.1, 0.15) is 11.5 Å². The Morgan fingerprint density at radius 2 is 1.89 bits per heavy atom. The highest BCUT2D eigenvalue weighted by atomic mass is 35.5. The van der Waals surface area contributed by atoms with E-state index in [0.29, 0.717) is 10.0 Å². The molecular weight excluding hydrogens is 269 g/mol. The van der Waals surface area contributed by atoms with E-state index in [2.05, 4.69) is 5.32 Å². The molecule has 0 saturated heterocycles. The summed E-state index contributed by atoms with van der Waals surface area (Å²) in [4.78, 5) is 0. The monoisotopic (exact) mass is 283 g/mol. The second-order valence-electron chi connectivity index (χ2n) is 4.29. The summed E-state index contributed by atoms with van der Waals surface area (Å²) in [5.41, 5.74) is 1.78. The Morgan fingerprint density at radius 3 is 2.56 bits per heavy atom. The fraction of sp³-hybridized carbons (Fsp3) is 0.286. The van der Waals surface area contributed by atoms with Crippen LogP contribution in [0.5, 0.6) is 0 Å². The van der Waals surface area contributed by atoms with E-state index in [9.17, 15) is 0 Å². The zero-order chi connectivity index (χ0) is 13.3. The van der Waals surface area contributed by atoms with Gasteiger partial charge in [0, 0.05) is 10.6 Å². The molecular formula is C14H15Cl2NO. The molecule has 4 heteroatoms. The quantitative estimate of drug-likeness (QED) is 0.872. The SMILES string of the molecule is CNC(C)c1ccc(-c2cc(Cl)c(C)cc2Cl)o1. The molecule has 18 heavy (non-hydrogen) atoms. The Morgan fingerprint density at radius 1 is 1.17 bits per heavy atom. The number of furan rings is 1. The largest absolute Gasteiger partial charge is 0.459 e. The third-order valence-electron chi connectivity index (χ3n) is 3.00. The van der Waals surface area contributed by atoms with Crippen molar-refractivity contribution in [3.05, 3.63) is 45.6 Å². The minimum absolute atomic E-state index is 0.165. The van der Waals surface area contributed by atoms with Crippen LogP contribution in [0, 0.1) is 6.92 Å². The lowest BCUT2D eigenvalue weighted by Crippen LogP contribution is -2.11. The van der Waals surface area contributed by atoms with Gasteiger partial charge in [-0.15, -0.1) is 0 Å². The average molecular weight is 284 g/mol. The molecule has 2 aromatic rings. The molecule has 96 valence electrons. The Hall–Kier alpha value is -0.960. The molecule has 1 atom stereocenters. The van der Waals surface area contributed by atoms with Crippen molar-refractivity contribution in [2.75, 3.05) is 7.05 Å². The lowest BCUT2D eigenvalue weighted by molar-refractivity contribution is 0.458. The van der Waals surface area contributed by atoms with E-state index in [1.165, 1.54) is 0 Å². The number of aryl methyl sites for hydroxylation is 1. The smallest absolute Gasteiger partial charge is 0.135 e. The number of hydrogen-bond acceptors (Lipinski definition) is 2. The molecule has 2 nitrogen and oxygen atoms in total. The molecule has 2 rings (SSSR count). The van der Waals surface area contributed by atoms with Crippen LogP contribution in [-0.2, 0) is 0 Å². The summed E-state index contributed by atoms with van der Waals surface area (Å²) in [5, 5.41) is 4.47. The number of halogens is 2. The van der Waals surface area contributed by atoms with Crippen molar-refractivity contribution in [2.45, 2.75) is 19.9 Å². The van der Waals surface area contributed by atoms with Crippen molar-refractivity contribution in [3.8, 4) is 11.3 Å². The van der Waals surface area contributed by atoms with Gasteiger partial charge in [0.15, 0.2) is 0 Å². The van der Waals surface area contributed by atoms with Crippen molar-refractivity contribution in [2.24, 2.45) is 0 Å². The Bertz CT molecular complexity index is 563. The number of benzene rings is 1. The number of hydrogen-bond donors (Lipinski definition) is 1. The summed E-state index contributed by atoms with van der Waals surface area (Å²) in [7, 11) is 1.89. The van der Waals surface area contributed by atoms with E-state index >= 15 is 0 Å². The van der Waals surface area contributed by atoms with Crippen LogP contribution >= 0.6 is 23.2 Å². The average Bonchev–Trinajstić information content (AvgIpc) is 2.82. The standard InChI is InChI=1S/C14H15Cl2NO/c1-8-6-12(16)10(7-11(8)15)14-5-4-13(18-14)9(2)17-3/h4-7,9,17H,1-3H3. The molecule has 0 aliphatic rings. The van der Waals surface area contributed by atoms with Crippen LogP contribution in [0.25, 0.3) is 11.3 Å². The predicted octanol–water partition coefficient (Wildman–Crippen LogP) is 4.84. The zero-order valence-electron chi connectivity index (χ0n) is 10.6. The van der Waals surface area contributed by atoms with E-state index in [4.69, 9.17) is 27.6 Å². The summed E-state index contributed by atoms with van der Waals surface area (Å²) in [6, 6.07) is 7.71. The molecule has 0 spiro atoms. The van der Waals surface area contributed by atoms with Crippen LogP contribution in [0.15, 0.2) is 28.7 Å². The van der Waals surface area contributed by atoms with Crippen LogP contribution < -0.4 is 5.32 Å². The maximum Gasteiger partial charge on any atom is 0.135 e. The van der Waals surface area contributed by atoms with Gasteiger partial charge >= 0.3 is 0 Å². The minimum Gasteiger partial charge on any atom is -0.459 e. The van der Waals surface area contributed by atoms with Gasteiger partial charge in [-0.3, -0.25) is 0 Å². The third kappa shape index (κ3) is 2.56. The lowest BCUT2D eigenvalue weighted by atomic mass is 10.1. The Labute approximate surface area is 117 Å². The molecule has 0 saturated carbocycles. The molecule has 0 amide bonds. The maximum absolute atomic E-state index is 6.22. The fourth-order valence-corrected chi connectivity index (χ4v) is 2.18. The van der Waals surface area contributed by atoms with Gasteiger partial charge in [0.05, 0.1) is 11.1 Å². The van der Waals surface area contributed by atoms with Crippen LogP contribution in [0.4, 0.5) is 0 Å². The van der Waals surface area contributed by atoms with Crippen LogP contribution in [0.3, 0.4) is 0 Å². The first-order valence-corrected chi connectivity index (χ1v) is 6.51.